The molecule has 0 radical (unpaired) electrons. The first-order valence-electron chi connectivity index (χ1n) is 19.5. The second kappa shape index (κ2) is 13.0. The summed E-state index contributed by atoms with van der Waals surface area (Å²) >= 11 is 0. The molecule has 9 aromatic carbocycles. The fourth-order valence-corrected chi connectivity index (χ4v) is 9.57. The van der Waals surface area contributed by atoms with Crippen LogP contribution in [0.4, 0.5) is 0 Å². The number of rotatable bonds is 6. The van der Waals surface area contributed by atoms with Crippen LogP contribution in [0.1, 0.15) is 44.9 Å². The summed E-state index contributed by atoms with van der Waals surface area (Å²) in [6.45, 7) is 0. The van der Waals surface area contributed by atoms with Crippen LogP contribution in [-0.2, 0) is 12.8 Å². The second-order valence-corrected chi connectivity index (χ2v) is 15.1. The quantitative estimate of drug-likeness (QED) is 0.152. The van der Waals surface area contributed by atoms with Crippen molar-refractivity contribution in [2.45, 2.75) is 18.8 Å². The lowest BCUT2D eigenvalue weighted by molar-refractivity contribution is 0.978. The number of fused-ring (bicyclic) bond motifs is 7. The van der Waals surface area contributed by atoms with Gasteiger partial charge in [-0.25, -0.2) is 0 Å². The van der Waals surface area contributed by atoms with Crippen molar-refractivity contribution in [3.05, 3.63) is 239 Å². The lowest BCUT2D eigenvalue weighted by Gasteiger charge is -2.23. The van der Waals surface area contributed by atoms with Gasteiger partial charge in [0.1, 0.15) is 0 Å². The van der Waals surface area contributed by atoms with Crippen molar-refractivity contribution in [1.82, 2.24) is 0 Å². The van der Waals surface area contributed by atoms with Crippen molar-refractivity contribution in [3.8, 4) is 55.6 Å². The predicted molar refractivity (Wildman–Crippen MR) is 231 cm³/mol. The van der Waals surface area contributed by atoms with Crippen molar-refractivity contribution in [3.63, 3.8) is 0 Å². The lowest BCUT2D eigenvalue weighted by Crippen LogP contribution is -2.06. The Balaban J connectivity index is 1.11. The van der Waals surface area contributed by atoms with E-state index in [1.54, 1.807) is 0 Å². The highest BCUT2D eigenvalue weighted by Gasteiger charge is 2.31. The van der Waals surface area contributed by atoms with Gasteiger partial charge in [0, 0.05) is 5.92 Å². The van der Waals surface area contributed by atoms with Gasteiger partial charge < -0.3 is 0 Å². The van der Waals surface area contributed by atoms with Crippen molar-refractivity contribution < 1.29 is 0 Å². The van der Waals surface area contributed by atoms with Gasteiger partial charge in [-0.15, -0.1) is 0 Å². The molecule has 11 rings (SSSR count). The first-order chi connectivity index (χ1) is 27.3. The molecular formula is C55H38. The lowest BCUT2D eigenvalue weighted by atomic mass is 9.80. The first kappa shape index (κ1) is 31.7. The van der Waals surface area contributed by atoms with Gasteiger partial charge >= 0.3 is 0 Å². The van der Waals surface area contributed by atoms with Crippen LogP contribution < -0.4 is 0 Å². The summed E-state index contributed by atoms with van der Waals surface area (Å²) in [5.41, 5.74) is 22.9. The molecule has 0 spiro atoms. The van der Waals surface area contributed by atoms with Crippen LogP contribution >= 0.6 is 0 Å². The molecule has 9 aromatic rings. The fourth-order valence-electron chi connectivity index (χ4n) is 9.57. The van der Waals surface area contributed by atoms with E-state index in [-0.39, 0.29) is 5.92 Å². The molecule has 0 bridgehead atoms. The SMILES string of the molecule is c1ccc(-c2ccc(C(c3ccc(-c4ccccc4)cc3)c3cccc4c3-c3cc5ccccc5c(-c5cccc6c5Cc5ccccc5-6)c3C4)cc2)cc1. The van der Waals surface area contributed by atoms with E-state index < -0.39 is 0 Å². The van der Waals surface area contributed by atoms with E-state index in [1.165, 1.54) is 105 Å². The van der Waals surface area contributed by atoms with Crippen LogP contribution in [0.5, 0.6) is 0 Å². The summed E-state index contributed by atoms with van der Waals surface area (Å²) in [6.07, 6.45) is 1.89. The van der Waals surface area contributed by atoms with E-state index in [4.69, 9.17) is 0 Å². The Morgan fingerprint density at radius 3 is 1.56 bits per heavy atom. The molecule has 0 saturated carbocycles. The molecule has 0 saturated heterocycles. The highest BCUT2D eigenvalue weighted by atomic mass is 14.3. The van der Waals surface area contributed by atoms with E-state index in [0.717, 1.165) is 12.8 Å². The second-order valence-electron chi connectivity index (χ2n) is 15.1. The molecule has 0 heterocycles. The molecule has 0 unspecified atom stereocenters. The monoisotopic (exact) mass is 698 g/mol. The topological polar surface area (TPSA) is 0 Å². The van der Waals surface area contributed by atoms with E-state index in [0.29, 0.717) is 0 Å². The number of hydrogen-bond acceptors (Lipinski definition) is 0. The van der Waals surface area contributed by atoms with E-state index in [1.807, 2.05) is 0 Å². The minimum Gasteiger partial charge on any atom is -0.0622 e. The molecule has 0 atom stereocenters. The average Bonchev–Trinajstić information content (AvgIpc) is 3.83. The van der Waals surface area contributed by atoms with Crippen LogP contribution in [0.3, 0.4) is 0 Å². The van der Waals surface area contributed by atoms with Crippen LogP contribution in [0.25, 0.3) is 66.4 Å². The summed E-state index contributed by atoms with van der Waals surface area (Å²) in [4.78, 5) is 0. The third-order valence-electron chi connectivity index (χ3n) is 12.1. The summed E-state index contributed by atoms with van der Waals surface area (Å²) in [7, 11) is 0. The van der Waals surface area contributed by atoms with Gasteiger partial charge in [0.15, 0.2) is 0 Å². The van der Waals surface area contributed by atoms with Crippen molar-refractivity contribution in [1.29, 1.82) is 0 Å². The van der Waals surface area contributed by atoms with Crippen LogP contribution in [-0.4, -0.2) is 0 Å². The van der Waals surface area contributed by atoms with Crippen LogP contribution in [0, 0.1) is 0 Å². The van der Waals surface area contributed by atoms with Crippen molar-refractivity contribution >= 4 is 10.8 Å². The molecule has 2 aliphatic rings. The molecule has 258 valence electrons. The maximum Gasteiger partial charge on any atom is 0.0346 e. The first-order valence-corrected chi connectivity index (χ1v) is 19.5. The summed E-state index contributed by atoms with van der Waals surface area (Å²) < 4.78 is 0. The molecule has 0 fully saturated rings. The van der Waals surface area contributed by atoms with Gasteiger partial charge in [-0.2, -0.15) is 0 Å². The number of hydrogen-bond donors (Lipinski definition) is 0. The summed E-state index contributed by atoms with van der Waals surface area (Å²) in [6, 6.07) is 74.5. The van der Waals surface area contributed by atoms with Gasteiger partial charge in [-0.3, -0.25) is 0 Å². The Hall–Kier alpha value is -6.76. The van der Waals surface area contributed by atoms with Gasteiger partial charge in [0.2, 0.25) is 0 Å². The van der Waals surface area contributed by atoms with Gasteiger partial charge in [-0.1, -0.05) is 194 Å². The standard InChI is InChI=1S/C55H38/c1-3-13-36(14-4-1)38-25-29-40(30-26-38)53(41-31-27-39(28-32-41)37-15-5-2-6-16-37)49-24-11-19-44-35-52-51(54(44)49)34-43-18-8-10-21-46(43)55(52)48-23-12-22-47-45-20-9-7-17-42(45)33-50(47)48/h1-32,34,53H,33,35H2. The van der Waals surface area contributed by atoms with Gasteiger partial charge in [0.05, 0.1) is 0 Å². The van der Waals surface area contributed by atoms with Crippen LogP contribution in [0.2, 0.25) is 0 Å². The van der Waals surface area contributed by atoms with Crippen LogP contribution in [0.15, 0.2) is 200 Å². The Kier molecular flexibility index (Phi) is 7.49. The Bertz CT molecular complexity index is 2800. The maximum absolute atomic E-state index is 2.48. The van der Waals surface area contributed by atoms with E-state index >= 15 is 0 Å². The molecule has 0 amide bonds. The molecular weight excluding hydrogens is 661 g/mol. The van der Waals surface area contributed by atoms with Gasteiger partial charge in [-0.05, 0) is 124 Å². The Morgan fingerprint density at radius 2 is 0.855 bits per heavy atom. The third-order valence-corrected chi connectivity index (χ3v) is 12.1. The molecule has 0 aliphatic heterocycles. The van der Waals surface area contributed by atoms with E-state index in [9.17, 15) is 0 Å². The molecule has 2 aliphatic carbocycles. The van der Waals surface area contributed by atoms with Crippen molar-refractivity contribution in [2.75, 3.05) is 0 Å². The molecule has 0 nitrogen and oxygen atoms in total. The normalized spacial score (nSPS) is 12.4. The smallest absolute Gasteiger partial charge is 0.0346 e. The largest absolute Gasteiger partial charge is 0.0622 e. The Morgan fingerprint density at radius 1 is 0.327 bits per heavy atom. The van der Waals surface area contributed by atoms with E-state index in [2.05, 4.69) is 200 Å². The molecule has 0 N–H and O–H groups in total. The number of benzene rings is 9. The highest BCUT2D eigenvalue weighted by molar-refractivity contribution is 6.06. The average molecular weight is 699 g/mol. The van der Waals surface area contributed by atoms with Crippen molar-refractivity contribution in [2.24, 2.45) is 0 Å². The minimum absolute atomic E-state index is 0.0564. The molecule has 55 heavy (non-hydrogen) atoms. The summed E-state index contributed by atoms with van der Waals surface area (Å²) in [5.74, 6) is 0.0564. The Labute approximate surface area is 323 Å². The fraction of sp³-hybridized carbons (Fsp3) is 0.0545. The minimum atomic E-state index is 0.0564. The molecule has 0 aromatic heterocycles. The summed E-state index contributed by atoms with van der Waals surface area (Å²) in [5, 5.41) is 2.63. The zero-order valence-electron chi connectivity index (χ0n) is 30.5. The molecule has 0 heteroatoms. The third kappa shape index (κ3) is 5.29. The zero-order chi connectivity index (χ0) is 36.3. The maximum atomic E-state index is 2.48. The zero-order valence-corrected chi connectivity index (χ0v) is 30.5. The predicted octanol–water partition coefficient (Wildman–Crippen LogP) is 14.2. The highest BCUT2D eigenvalue weighted by Crippen LogP contribution is 2.52. The van der Waals surface area contributed by atoms with Gasteiger partial charge in [0.25, 0.3) is 0 Å².